The average Bonchev–Trinajstić information content (AvgIpc) is 2.05. The van der Waals surface area contributed by atoms with Gasteiger partial charge in [0.2, 0.25) is 0 Å². The summed E-state index contributed by atoms with van der Waals surface area (Å²) in [5, 5.41) is 19.3. The van der Waals surface area contributed by atoms with Crippen molar-refractivity contribution in [2.75, 3.05) is 0 Å². The number of carbonyl (C=O) groups is 2. The predicted molar refractivity (Wildman–Crippen MR) is 54.7 cm³/mol. The summed E-state index contributed by atoms with van der Waals surface area (Å²) in [4.78, 5) is 19.3. The maximum absolute atomic E-state index is 9.76. The zero-order valence-corrected chi connectivity index (χ0v) is 10.8. The molecule has 0 saturated heterocycles. The van der Waals surface area contributed by atoms with Crippen LogP contribution in [0.25, 0.3) is 0 Å². The van der Waals surface area contributed by atoms with Crippen LogP contribution in [0.1, 0.15) is 39.5 Å². The quantitative estimate of drug-likeness (QED) is 0.350. The molecular formula is C10H16MgO4. The SMILES string of the molecule is C=C(C)C(=O)[O-].CCCCCC(=O)[O-].[Mg+2]. The van der Waals surface area contributed by atoms with Crippen LogP contribution < -0.4 is 10.2 Å². The van der Waals surface area contributed by atoms with E-state index < -0.39 is 11.9 Å². The molecule has 0 unspecified atom stereocenters. The first-order valence-electron chi connectivity index (χ1n) is 4.48. The zero-order valence-electron chi connectivity index (χ0n) is 9.38. The fourth-order valence-corrected chi connectivity index (χ4v) is 0.519. The fraction of sp³-hybridized carbons (Fsp3) is 0.600. The Bertz CT molecular complexity index is 190. The number of carboxylic acids is 2. The molecule has 0 radical (unpaired) electrons. The van der Waals surface area contributed by atoms with Crippen LogP contribution in [0, 0.1) is 0 Å². The van der Waals surface area contributed by atoms with Crippen LogP contribution in [0.5, 0.6) is 0 Å². The molecule has 82 valence electrons. The Morgan fingerprint density at radius 2 is 1.60 bits per heavy atom. The first-order chi connectivity index (χ1) is 6.41. The molecule has 0 atom stereocenters. The van der Waals surface area contributed by atoms with Gasteiger partial charge in [-0.1, -0.05) is 26.3 Å². The minimum atomic E-state index is -1.19. The third kappa shape index (κ3) is 24.7. The minimum Gasteiger partial charge on any atom is -0.550 e. The maximum atomic E-state index is 9.76. The number of unbranched alkanes of at least 4 members (excludes halogenated alkanes) is 2. The van der Waals surface area contributed by atoms with E-state index in [1.54, 1.807) is 0 Å². The first kappa shape index (κ1) is 19.9. The van der Waals surface area contributed by atoms with Crippen molar-refractivity contribution in [3.8, 4) is 0 Å². The summed E-state index contributed by atoms with van der Waals surface area (Å²) in [6, 6.07) is 0. The van der Waals surface area contributed by atoms with Crippen molar-refractivity contribution in [1.82, 2.24) is 0 Å². The second-order valence-corrected chi connectivity index (χ2v) is 2.90. The van der Waals surface area contributed by atoms with Crippen LogP contribution in [0.2, 0.25) is 0 Å². The molecule has 4 nitrogen and oxygen atoms in total. The van der Waals surface area contributed by atoms with Gasteiger partial charge >= 0.3 is 23.1 Å². The van der Waals surface area contributed by atoms with E-state index in [1.807, 2.05) is 6.92 Å². The van der Waals surface area contributed by atoms with Crippen LogP contribution in [-0.2, 0) is 9.59 Å². The maximum Gasteiger partial charge on any atom is 2.00 e. The number of rotatable bonds is 5. The molecule has 0 N–H and O–H groups in total. The van der Waals surface area contributed by atoms with Crippen molar-refractivity contribution in [3.05, 3.63) is 12.2 Å². The molecule has 0 aliphatic carbocycles. The van der Waals surface area contributed by atoms with Gasteiger partial charge in [0, 0.05) is 5.97 Å². The second kappa shape index (κ2) is 13.4. The molecule has 0 aromatic heterocycles. The Balaban J connectivity index is -0.000000187. The van der Waals surface area contributed by atoms with Crippen LogP contribution >= 0.6 is 0 Å². The van der Waals surface area contributed by atoms with Crippen molar-refractivity contribution in [2.45, 2.75) is 39.5 Å². The monoisotopic (exact) mass is 224 g/mol. The van der Waals surface area contributed by atoms with Gasteiger partial charge in [0.05, 0.1) is 5.97 Å². The molecule has 0 aliphatic heterocycles. The van der Waals surface area contributed by atoms with Gasteiger partial charge in [-0.15, -0.1) is 0 Å². The van der Waals surface area contributed by atoms with Crippen molar-refractivity contribution in [2.24, 2.45) is 0 Å². The van der Waals surface area contributed by atoms with Gasteiger partial charge in [-0.25, -0.2) is 0 Å². The summed E-state index contributed by atoms with van der Waals surface area (Å²) in [7, 11) is 0. The van der Waals surface area contributed by atoms with Gasteiger partial charge in [0.25, 0.3) is 0 Å². The minimum absolute atomic E-state index is 0. The second-order valence-electron chi connectivity index (χ2n) is 2.90. The molecule has 0 spiro atoms. The molecule has 0 aliphatic rings. The molecule has 0 heterocycles. The van der Waals surface area contributed by atoms with E-state index in [1.165, 1.54) is 6.92 Å². The van der Waals surface area contributed by atoms with Crippen molar-refractivity contribution in [1.29, 1.82) is 0 Å². The summed E-state index contributed by atoms with van der Waals surface area (Å²) in [6.45, 7) is 6.51. The summed E-state index contributed by atoms with van der Waals surface area (Å²) in [5.41, 5.74) is 0.0648. The van der Waals surface area contributed by atoms with Gasteiger partial charge in [-0.3, -0.25) is 0 Å². The standard InChI is InChI=1S/C6H12O2.C4H6O2.Mg/c1-2-3-4-5-6(7)8;1-3(2)4(5)6;/h2-5H2,1H3,(H,7,8);1H2,2H3,(H,5,6);/q;;+2/p-2. The molecular weight excluding hydrogens is 208 g/mol. The number of aliphatic carboxylic acids is 2. The smallest absolute Gasteiger partial charge is 0.550 e. The summed E-state index contributed by atoms with van der Waals surface area (Å²) in [6.07, 6.45) is 3.04. The molecule has 0 aromatic rings. The zero-order chi connectivity index (χ0) is 11.6. The van der Waals surface area contributed by atoms with E-state index >= 15 is 0 Å². The third-order valence-corrected chi connectivity index (χ3v) is 1.33. The number of hydrogen-bond acceptors (Lipinski definition) is 4. The van der Waals surface area contributed by atoms with E-state index in [0.717, 1.165) is 19.3 Å². The largest absolute Gasteiger partial charge is 2.00 e. The Kier molecular flexibility index (Phi) is 17.9. The molecule has 0 amide bonds. The molecule has 0 aromatic carbocycles. The van der Waals surface area contributed by atoms with Gasteiger partial charge in [0.1, 0.15) is 0 Å². The van der Waals surface area contributed by atoms with Gasteiger partial charge < -0.3 is 19.8 Å². The topological polar surface area (TPSA) is 80.3 Å². The van der Waals surface area contributed by atoms with E-state index in [4.69, 9.17) is 0 Å². The van der Waals surface area contributed by atoms with E-state index in [-0.39, 0.29) is 35.0 Å². The molecule has 15 heavy (non-hydrogen) atoms. The van der Waals surface area contributed by atoms with Crippen LogP contribution in [-0.4, -0.2) is 35.0 Å². The van der Waals surface area contributed by atoms with Crippen LogP contribution in [0.4, 0.5) is 0 Å². The van der Waals surface area contributed by atoms with Crippen LogP contribution in [0.3, 0.4) is 0 Å². The molecule has 0 bridgehead atoms. The number of carbonyl (C=O) groups excluding carboxylic acids is 2. The fourth-order valence-electron chi connectivity index (χ4n) is 0.519. The molecule has 0 rings (SSSR count). The normalized spacial score (nSPS) is 7.87. The van der Waals surface area contributed by atoms with Crippen molar-refractivity contribution < 1.29 is 19.8 Å². The average molecular weight is 225 g/mol. The van der Waals surface area contributed by atoms with E-state index in [9.17, 15) is 19.8 Å². The van der Waals surface area contributed by atoms with Gasteiger partial charge in [-0.2, -0.15) is 0 Å². The van der Waals surface area contributed by atoms with Crippen molar-refractivity contribution >= 4 is 35.0 Å². The van der Waals surface area contributed by atoms with Gasteiger partial charge in [0.15, 0.2) is 0 Å². The summed E-state index contributed by atoms with van der Waals surface area (Å²) < 4.78 is 0. The van der Waals surface area contributed by atoms with E-state index in [0.29, 0.717) is 0 Å². The van der Waals surface area contributed by atoms with E-state index in [2.05, 4.69) is 6.58 Å². The molecule has 5 heteroatoms. The van der Waals surface area contributed by atoms with Crippen LogP contribution in [0.15, 0.2) is 12.2 Å². The Hall–Kier alpha value is -0.554. The Morgan fingerprint density at radius 1 is 1.20 bits per heavy atom. The first-order valence-corrected chi connectivity index (χ1v) is 4.48. The summed E-state index contributed by atoms with van der Waals surface area (Å²) >= 11 is 0. The Morgan fingerprint density at radius 3 is 1.80 bits per heavy atom. The Labute approximate surface area is 107 Å². The van der Waals surface area contributed by atoms with Crippen molar-refractivity contribution in [3.63, 3.8) is 0 Å². The summed E-state index contributed by atoms with van der Waals surface area (Å²) in [5.74, 6) is -2.12. The molecule has 0 saturated carbocycles. The van der Waals surface area contributed by atoms with Gasteiger partial charge in [-0.05, 0) is 25.3 Å². The number of carboxylic acid groups (broad SMARTS) is 2. The predicted octanol–water partition coefficient (Wildman–Crippen LogP) is -0.752. The number of hydrogen-bond donors (Lipinski definition) is 0. The third-order valence-electron chi connectivity index (χ3n) is 1.33. The molecule has 0 fully saturated rings.